The van der Waals surface area contributed by atoms with E-state index < -0.39 is 33.4 Å². The Balaban J connectivity index is 1.69. The number of aryl methyl sites for hydroxylation is 1. The molecular weight excluding hydrogens is 522 g/mol. The molecule has 4 heterocycles. The summed E-state index contributed by atoms with van der Waals surface area (Å²) in [6.45, 7) is 9.06. The number of para-hydroxylation sites is 1. The minimum Gasteiger partial charge on any atom is -0.394 e. The zero-order chi connectivity index (χ0) is 27.4. The van der Waals surface area contributed by atoms with Gasteiger partial charge in [-0.2, -0.15) is 0 Å². The fourth-order valence-electron chi connectivity index (χ4n) is 6.96. The lowest BCUT2D eigenvalue weighted by Gasteiger charge is -2.39. The van der Waals surface area contributed by atoms with E-state index in [1.807, 2.05) is 63.0 Å². The lowest BCUT2D eigenvalue weighted by Crippen LogP contribution is -2.57. The predicted molar refractivity (Wildman–Crippen MR) is 151 cm³/mol. The zero-order valence-electron chi connectivity index (χ0n) is 22.4. The highest BCUT2D eigenvalue weighted by molar-refractivity contribution is 8.02. The lowest BCUT2D eigenvalue weighted by atomic mass is 9.74. The first-order chi connectivity index (χ1) is 18.1. The number of hydrogen-bond acceptors (Lipinski definition) is 5. The summed E-state index contributed by atoms with van der Waals surface area (Å²) in [5.74, 6) is -1.83. The fourth-order valence-corrected chi connectivity index (χ4v) is 9.42. The Morgan fingerprint density at radius 2 is 1.82 bits per heavy atom. The monoisotopic (exact) mass is 557 g/mol. The number of aliphatic hydroxyl groups is 1. The number of hydrogen-bond donors (Lipinski definition) is 1. The van der Waals surface area contributed by atoms with E-state index >= 15 is 0 Å². The number of benzene rings is 1. The Morgan fingerprint density at radius 1 is 1.08 bits per heavy atom. The van der Waals surface area contributed by atoms with Crippen LogP contribution >= 0.6 is 23.4 Å². The normalized spacial score (nSPS) is 33.3. The molecule has 2 saturated heterocycles. The topological polar surface area (TPSA) is 81.2 Å². The molecule has 0 bridgehead atoms. The molecule has 0 aromatic heterocycles. The third-order valence-electron chi connectivity index (χ3n) is 8.61. The number of nitrogens with zero attached hydrogens (tertiary/aromatic N) is 3. The van der Waals surface area contributed by atoms with E-state index in [0.29, 0.717) is 36.8 Å². The van der Waals surface area contributed by atoms with E-state index in [1.54, 1.807) is 27.6 Å². The van der Waals surface area contributed by atoms with Gasteiger partial charge in [0, 0.05) is 24.4 Å². The van der Waals surface area contributed by atoms with Crippen molar-refractivity contribution in [1.82, 2.24) is 9.80 Å². The van der Waals surface area contributed by atoms with E-state index in [1.165, 1.54) is 0 Å². The van der Waals surface area contributed by atoms with Gasteiger partial charge in [-0.05, 0) is 38.3 Å². The second-order valence-electron chi connectivity index (χ2n) is 10.9. The number of fused-ring (bicyclic) bond motifs is 2. The Morgan fingerprint density at radius 3 is 2.47 bits per heavy atom. The van der Waals surface area contributed by atoms with Crippen LogP contribution in [0, 0.1) is 18.8 Å². The number of thioether (sulfide) groups is 1. The smallest absolute Gasteiger partial charge is 0.251 e. The first-order valence-electron chi connectivity index (χ1n) is 13.5. The molecule has 204 valence electrons. The van der Waals surface area contributed by atoms with Crippen molar-refractivity contribution in [2.24, 2.45) is 11.8 Å². The number of likely N-dealkylation sites (tertiary alicyclic amines) is 1. The summed E-state index contributed by atoms with van der Waals surface area (Å²) in [4.78, 5) is 48.2. The molecule has 1 spiro atoms. The molecule has 0 aliphatic carbocycles. The largest absolute Gasteiger partial charge is 0.394 e. The van der Waals surface area contributed by atoms with Crippen LogP contribution in [0.25, 0.3) is 0 Å². The van der Waals surface area contributed by atoms with Crippen molar-refractivity contribution in [3.63, 3.8) is 0 Å². The first kappa shape index (κ1) is 27.3. The van der Waals surface area contributed by atoms with Crippen LogP contribution in [0.4, 0.5) is 5.69 Å². The van der Waals surface area contributed by atoms with Crippen molar-refractivity contribution in [3.05, 3.63) is 53.1 Å². The van der Waals surface area contributed by atoms with Crippen molar-refractivity contribution in [1.29, 1.82) is 0 Å². The number of carbonyl (C=O) groups is 3. The molecular formula is C29H36ClN3O4S. The van der Waals surface area contributed by atoms with Gasteiger partial charge in [0.1, 0.15) is 6.04 Å². The molecule has 1 unspecified atom stereocenters. The summed E-state index contributed by atoms with van der Waals surface area (Å²) in [5.41, 5.74) is 1.49. The third kappa shape index (κ3) is 3.86. The summed E-state index contributed by atoms with van der Waals surface area (Å²) >= 11 is 8.18. The number of aliphatic hydroxyl groups excluding tert-OH is 1. The van der Waals surface area contributed by atoms with Gasteiger partial charge < -0.3 is 19.8 Å². The molecule has 0 radical (unpaired) electrons. The molecule has 1 N–H and O–H groups in total. The summed E-state index contributed by atoms with van der Waals surface area (Å²) < 4.78 is -1.60. The van der Waals surface area contributed by atoms with Gasteiger partial charge in [0.15, 0.2) is 0 Å². The van der Waals surface area contributed by atoms with Crippen molar-refractivity contribution in [2.45, 2.75) is 62.1 Å². The Labute approximate surface area is 233 Å². The van der Waals surface area contributed by atoms with Gasteiger partial charge in [-0.25, -0.2) is 0 Å². The average Bonchev–Trinajstić information content (AvgIpc) is 3.15. The molecule has 1 aromatic carbocycles. The highest BCUT2D eigenvalue weighted by atomic mass is 35.5. The maximum atomic E-state index is 14.6. The van der Waals surface area contributed by atoms with Crippen LogP contribution in [0.5, 0.6) is 0 Å². The van der Waals surface area contributed by atoms with Crippen LogP contribution in [0.2, 0.25) is 5.02 Å². The van der Waals surface area contributed by atoms with Gasteiger partial charge in [0.25, 0.3) is 5.91 Å². The molecule has 3 amide bonds. The van der Waals surface area contributed by atoms with Crippen LogP contribution in [0.1, 0.15) is 39.2 Å². The Hall–Kier alpha value is -2.29. The molecule has 4 aliphatic rings. The van der Waals surface area contributed by atoms with E-state index in [0.717, 1.165) is 12.0 Å². The first-order valence-corrected chi connectivity index (χ1v) is 14.7. The van der Waals surface area contributed by atoms with Crippen LogP contribution in [0.15, 0.2) is 42.5 Å². The molecule has 0 saturated carbocycles. The highest BCUT2D eigenvalue weighted by Crippen LogP contribution is 2.66. The molecule has 7 nitrogen and oxygen atoms in total. The minimum atomic E-state index is -0.949. The fraction of sp³-hybridized carbons (Fsp3) is 0.552. The van der Waals surface area contributed by atoms with Gasteiger partial charge in [-0.15, -0.1) is 11.8 Å². The maximum Gasteiger partial charge on any atom is 0.251 e. The average molecular weight is 558 g/mol. The number of amides is 3. The third-order valence-corrected chi connectivity index (χ3v) is 10.7. The van der Waals surface area contributed by atoms with Gasteiger partial charge in [-0.1, -0.05) is 61.9 Å². The number of anilines is 1. The molecule has 5 rings (SSSR count). The predicted octanol–water partition coefficient (Wildman–Crippen LogP) is 3.82. The lowest BCUT2D eigenvalue weighted by molar-refractivity contribution is -0.145. The van der Waals surface area contributed by atoms with Gasteiger partial charge >= 0.3 is 0 Å². The van der Waals surface area contributed by atoms with Crippen LogP contribution in [-0.2, 0) is 14.4 Å². The number of halogens is 1. The Kier molecular flexibility index (Phi) is 7.20. The van der Waals surface area contributed by atoms with E-state index in [9.17, 15) is 19.5 Å². The van der Waals surface area contributed by atoms with Crippen LogP contribution < -0.4 is 4.90 Å². The summed E-state index contributed by atoms with van der Waals surface area (Å²) in [5, 5.41) is 10.8. The second kappa shape index (κ2) is 10.0. The molecule has 38 heavy (non-hydrogen) atoms. The van der Waals surface area contributed by atoms with E-state index in [2.05, 4.69) is 6.08 Å². The van der Waals surface area contributed by atoms with Crippen molar-refractivity contribution >= 4 is 46.8 Å². The van der Waals surface area contributed by atoms with Crippen molar-refractivity contribution in [2.75, 3.05) is 31.1 Å². The zero-order valence-corrected chi connectivity index (χ0v) is 24.0. The molecule has 9 heteroatoms. The van der Waals surface area contributed by atoms with Crippen LogP contribution in [-0.4, -0.2) is 80.4 Å². The second-order valence-corrected chi connectivity index (χ2v) is 13.1. The molecule has 4 aliphatic heterocycles. The quantitative estimate of drug-likeness (QED) is 0.538. The van der Waals surface area contributed by atoms with Gasteiger partial charge in [0.05, 0.1) is 39.9 Å². The maximum absolute atomic E-state index is 14.6. The van der Waals surface area contributed by atoms with Crippen LogP contribution in [0.3, 0.4) is 0 Å². The summed E-state index contributed by atoms with van der Waals surface area (Å²) in [6, 6.07) is 4.12. The Bertz CT molecular complexity index is 1200. The standard InChI is InChI=1S/C29H36ClN3O4S/c1-5-14-31-15-8-12-28(4)21(25(31)35)22-26(36)33(19(6-2)17-34)24-27(37)32(16-9-13-29(22,24)38-28)23-18(3)10-7-11-20(23)30/h7-13,19,21-22,24,34H,5-6,14-17H2,1-4H3/t19-,21+,22-,24?,28-,29-/m0/s1. The highest BCUT2D eigenvalue weighted by Gasteiger charge is 2.74. The van der Waals surface area contributed by atoms with Gasteiger partial charge in [0.2, 0.25) is 11.8 Å². The van der Waals surface area contributed by atoms with E-state index in [4.69, 9.17) is 11.6 Å². The molecule has 1 aromatic rings. The number of rotatable bonds is 6. The summed E-state index contributed by atoms with van der Waals surface area (Å²) in [6.07, 6.45) is 9.36. The van der Waals surface area contributed by atoms with Crippen molar-refractivity contribution < 1.29 is 19.5 Å². The van der Waals surface area contributed by atoms with Crippen molar-refractivity contribution in [3.8, 4) is 0 Å². The number of carbonyl (C=O) groups excluding carboxylic acids is 3. The summed E-state index contributed by atoms with van der Waals surface area (Å²) in [7, 11) is 0. The van der Waals surface area contributed by atoms with Gasteiger partial charge in [-0.3, -0.25) is 14.4 Å². The molecule has 6 atom stereocenters. The SMILES string of the molecule is CCCN1CC=C[C@]2(C)S[C@]34C=CCN(c5c(C)cccc5Cl)C(=O)C3N([C@@H](CC)CO)C(=O)[C@@H]4[C@@H]2C1=O. The minimum absolute atomic E-state index is 0.0383. The van der Waals surface area contributed by atoms with E-state index in [-0.39, 0.29) is 24.3 Å². The molecule has 2 fully saturated rings.